The minimum atomic E-state index is -3.56. The maximum Gasteiger partial charge on any atom is 0.255 e. The summed E-state index contributed by atoms with van der Waals surface area (Å²) in [7, 11) is -3.56. The minimum Gasteiger partial charge on any atom is -0.376 e. The Morgan fingerprint density at radius 2 is 2.17 bits per heavy atom. The quantitative estimate of drug-likeness (QED) is 0.881. The molecule has 0 amide bonds. The second kappa shape index (κ2) is 6.97. The topological polar surface area (TPSA) is 73.2 Å². The molecule has 3 rings (SSSR count). The van der Waals surface area contributed by atoms with E-state index in [-0.39, 0.29) is 6.10 Å². The SMILES string of the molecule is O=S(=O)(/C=C/c1ccccc1)Nc1cnn(CC2CCCO2)c1. The summed E-state index contributed by atoms with van der Waals surface area (Å²) in [5.41, 5.74) is 1.27. The van der Waals surface area contributed by atoms with Crippen LogP contribution in [0.3, 0.4) is 0 Å². The number of nitrogens with one attached hydrogen (secondary N) is 1. The highest BCUT2D eigenvalue weighted by Crippen LogP contribution is 2.15. The molecule has 1 atom stereocenters. The summed E-state index contributed by atoms with van der Waals surface area (Å²) in [5.74, 6) is 0. The van der Waals surface area contributed by atoms with Gasteiger partial charge in [0, 0.05) is 12.8 Å². The fourth-order valence-electron chi connectivity index (χ4n) is 2.44. The first-order valence-corrected chi connectivity index (χ1v) is 9.05. The van der Waals surface area contributed by atoms with Gasteiger partial charge < -0.3 is 4.74 Å². The van der Waals surface area contributed by atoms with Gasteiger partial charge in [0.25, 0.3) is 10.0 Å². The molecule has 0 bridgehead atoms. The molecule has 2 heterocycles. The molecule has 7 heteroatoms. The highest BCUT2D eigenvalue weighted by atomic mass is 32.2. The van der Waals surface area contributed by atoms with Gasteiger partial charge in [-0.25, -0.2) is 8.42 Å². The summed E-state index contributed by atoms with van der Waals surface area (Å²) in [6.07, 6.45) is 6.98. The van der Waals surface area contributed by atoms with Crippen molar-refractivity contribution in [2.24, 2.45) is 0 Å². The summed E-state index contributed by atoms with van der Waals surface area (Å²) < 4.78 is 33.9. The number of aromatic nitrogens is 2. The fourth-order valence-corrected chi connectivity index (χ4v) is 3.28. The summed E-state index contributed by atoms with van der Waals surface area (Å²) >= 11 is 0. The molecular weight excluding hydrogens is 314 g/mol. The molecule has 1 aliphatic heterocycles. The lowest BCUT2D eigenvalue weighted by atomic mass is 10.2. The number of nitrogens with zero attached hydrogens (tertiary/aromatic N) is 2. The van der Waals surface area contributed by atoms with Crippen LogP contribution < -0.4 is 4.72 Å². The number of hydrogen-bond acceptors (Lipinski definition) is 4. The summed E-state index contributed by atoms with van der Waals surface area (Å²) in [5, 5.41) is 5.32. The third kappa shape index (κ3) is 4.67. The number of hydrogen-bond donors (Lipinski definition) is 1. The van der Waals surface area contributed by atoms with Crippen LogP contribution in [0, 0.1) is 0 Å². The molecule has 6 nitrogen and oxygen atoms in total. The monoisotopic (exact) mass is 333 g/mol. The predicted molar refractivity (Wildman–Crippen MR) is 89.2 cm³/mol. The van der Waals surface area contributed by atoms with Crippen molar-refractivity contribution in [3.05, 3.63) is 53.7 Å². The first-order chi connectivity index (χ1) is 11.1. The van der Waals surface area contributed by atoms with E-state index in [1.54, 1.807) is 17.0 Å². The van der Waals surface area contributed by atoms with Crippen LogP contribution in [-0.4, -0.2) is 30.9 Å². The molecule has 1 aromatic heterocycles. The molecule has 1 unspecified atom stereocenters. The van der Waals surface area contributed by atoms with Crippen molar-refractivity contribution in [2.45, 2.75) is 25.5 Å². The zero-order chi connectivity index (χ0) is 16.1. The number of benzene rings is 1. The molecule has 1 saturated heterocycles. The molecule has 0 saturated carbocycles. The highest BCUT2D eigenvalue weighted by molar-refractivity contribution is 7.95. The van der Waals surface area contributed by atoms with Gasteiger partial charge in [0.1, 0.15) is 0 Å². The average Bonchev–Trinajstić information content (AvgIpc) is 3.19. The van der Waals surface area contributed by atoms with Crippen LogP contribution >= 0.6 is 0 Å². The van der Waals surface area contributed by atoms with Crippen LogP contribution in [0.5, 0.6) is 0 Å². The lowest BCUT2D eigenvalue weighted by molar-refractivity contribution is 0.0940. The maximum absolute atomic E-state index is 12.1. The zero-order valence-electron chi connectivity index (χ0n) is 12.6. The second-order valence-corrected chi connectivity index (χ2v) is 7.01. The standard InChI is InChI=1S/C16H19N3O3S/c20-23(21,10-8-14-5-2-1-3-6-14)18-15-11-17-19(12-15)13-16-7-4-9-22-16/h1-3,5-6,8,10-12,16,18H,4,7,9,13H2/b10-8+. The van der Waals surface area contributed by atoms with Crippen LogP contribution in [0.15, 0.2) is 48.1 Å². The van der Waals surface area contributed by atoms with Crippen LogP contribution in [-0.2, 0) is 21.3 Å². The molecule has 1 N–H and O–H groups in total. The lowest BCUT2D eigenvalue weighted by Gasteiger charge is -2.08. The van der Waals surface area contributed by atoms with Gasteiger partial charge in [-0.3, -0.25) is 9.40 Å². The first kappa shape index (κ1) is 15.8. The van der Waals surface area contributed by atoms with E-state index in [9.17, 15) is 8.42 Å². The molecule has 2 aromatic rings. The van der Waals surface area contributed by atoms with Gasteiger partial charge in [0.15, 0.2) is 0 Å². The van der Waals surface area contributed by atoms with E-state index in [4.69, 9.17) is 4.74 Å². The summed E-state index contributed by atoms with van der Waals surface area (Å²) in [6, 6.07) is 9.27. The Bertz CT molecular complexity index is 763. The van der Waals surface area contributed by atoms with Gasteiger partial charge in [-0.1, -0.05) is 30.3 Å². The Kier molecular flexibility index (Phi) is 4.78. The van der Waals surface area contributed by atoms with E-state index in [1.165, 1.54) is 6.20 Å². The normalized spacial score (nSPS) is 18.5. The van der Waals surface area contributed by atoms with Crippen molar-refractivity contribution in [3.8, 4) is 0 Å². The van der Waals surface area contributed by atoms with Crippen LogP contribution in [0.4, 0.5) is 5.69 Å². The molecule has 23 heavy (non-hydrogen) atoms. The molecule has 0 spiro atoms. The van der Waals surface area contributed by atoms with Gasteiger partial charge in [-0.15, -0.1) is 0 Å². The number of ether oxygens (including phenoxy) is 1. The van der Waals surface area contributed by atoms with Crippen molar-refractivity contribution < 1.29 is 13.2 Å². The Morgan fingerprint density at radius 1 is 1.35 bits per heavy atom. The van der Waals surface area contributed by atoms with Crippen molar-refractivity contribution >= 4 is 21.8 Å². The smallest absolute Gasteiger partial charge is 0.255 e. The summed E-state index contributed by atoms with van der Waals surface area (Å²) in [4.78, 5) is 0. The van der Waals surface area contributed by atoms with Crippen molar-refractivity contribution in [2.75, 3.05) is 11.3 Å². The molecule has 1 fully saturated rings. The van der Waals surface area contributed by atoms with Gasteiger partial charge in [0.2, 0.25) is 0 Å². The van der Waals surface area contributed by atoms with E-state index >= 15 is 0 Å². The number of anilines is 1. The molecular formula is C16H19N3O3S. The highest BCUT2D eigenvalue weighted by Gasteiger charge is 2.16. The van der Waals surface area contributed by atoms with E-state index in [0.717, 1.165) is 30.4 Å². The Morgan fingerprint density at radius 3 is 2.91 bits per heavy atom. The van der Waals surface area contributed by atoms with Gasteiger partial charge in [-0.2, -0.15) is 5.10 Å². The fraction of sp³-hybridized carbons (Fsp3) is 0.312. The van der Waals surface area contributed by atoms with E-state index in [0.29, 0.717) is 12.2 Å². The average molecular weight is 333 g/mol. The zero-order valence-corrected chi connectivity index (χ0v) is 13.4. The molecule has 0 aliphatic carbocycles. The van der Waals surface area contributed by atoms with E-state index < -0.39 is 10.0 Å². The minimum absolute atomic E-state index is 0.164. The van der Waals surface area contributed by atoms with Crippen LogP contribution in [0.25, 0.3) is 6.08 Å². The maximum atomic E-state index is 12.1. The van der Waals surface area contributed by atoms with Crippen molar-refractivity contribution in [3.63, 3.8) is 0 Å². The predicted octanol–water partition coefficient (Wildman–Crippen LogP) is 2.47. The third-order valence-corrected chi connectivity index (χ3v) is 4.56. The Hall–Kier alpha value is -2.12. The number of rotatable bonds is 6. The van der Waals surface area contributed by atoms with Gasteiger partial charge in [-0.05, 0) is 24.5 Å². The summed E-state index contributed by atoms with van der Waals surface area (Å²) in [6.45, 7) is 1.43. The molecule has 122 valence electrons. The number of sulfonamides is 1. The Labute approximate surface area is 135 Å². The van der Waals surface area contributed by atoms with Gasteiger partial charge in [0.05, 0.1) is 29.9 Å². The lowest BCUT2D eigenvalue weighted by Crippen LogP contribution is -2.15. The van der Waals surface area contributed by atoms with Crippen LogP contribution in [0.1, 0.15) is 18.4 Å². The third-order valence-electron chi connectivity index (χ3n) is 3.55. The molecule has 1 aliphatic rings. The molecule has 0 radical (unpaired) electrons. The Balaban J connectivity index is 1.61. The largest absolute Gasteiger partial charge is 0.376 e. The van der Waals surface area contributed by atoms with E-state index in [1.807, 2.05) is 30.3 Å². The van der Waals surface area contributed by atoms with E-state index in [2.05, 4.69) is 9.82 Å². The van der Waals surface area contributed by atoms with Crippen molar-refractivity contribution in [1.29, 1.82) is 0 Å². The second-order valence-electron chi connectivity index (χ2n) is 5.45. The van der Waals surface area contributed by atoms with Crippen molar-refractivity contribution in [1.82, 2.24) is 9.78 Å². The first-order valence-electron chi connectivity index (χ1n) is 7.51. The van der Waals surface area contributed by atoms with Gasteiger partial charge >= 0.3 is 0 Å². The van der Waals surface area contributed by atoms with Crippen LogP contribution in [0.2, 0.25) is 0 Å². The molecule has 1 aromatic carbocycles.